The van der Waals surface area contributed by atoms with Crippen molar-refractivity contribution in [2.45, 2.75) is 38.4 Å². The van der Waals surface area contributed by atoms with Crippen molar-refractivity contribution in [2.24, 2.45) is 0 Å². The summed E-state index contributed by atoms with van der Waals surface area (Å²) in [7, 11) is 3.30. The Morgan fingerprint density at radius 2 is 2.00 bits per heavy atom. The summed E-state index contributed by atoms with van der Waals surface area (Å²) in [5.41, 5.74) is 3.36. The number of halogens is 1. The number of carbonyl (C=O) groups is 2. The summed E-state index contributed by atoms with van der Waals surface area (Å²) in [6.45, 7) is 2.00. The fraction of sp³-hybridized carbons (Fsp3) is 0.286. The molecule has 0 spiro atoms. The van der Waals surface area contributed by atoms with Crippen LogP contribution in [0.5, 0.6) is 5.75 Å². The van der Waals surface area contributed by atoms with Gasteiger partial charge in [0.2, 0.25) is 11.8 Å². The first kappa shape index (κ1) is 27.9. The molecule has 2 atom stereocenters. The van der Waals surface area contributed by atoms with Gasteiger partial charge in [-0.15, -0.1) is 12.4 Å². The number of carbonyl (C=O) groups excluding carboxylic acids is 2. The zero-order valence-corrected chi connectivity index (χ0v) is 22.6. The summed E-state index contributed by atoms with van der Waals surface area (Å²) in [5.74, 6) is -0.0562. The fourth-order valence-electron chi connectivity index (χ4n) is 4.83. The smallest absolute Gasteiger partial charge is 0.439 e. The van der Waals surface area contributed by atoms with E-state index in [-0.39, 0.29) is 30.8 Å². The molecule has 1 aliphatic rings. The van der Waals surface area contributed by atoms with Crippen molar-refractivity contribution in [3.63, 3.8) is 0 Å². The predicted octanol–water partition coefficient (Wildman–Crippen LogP) is 3.19. The number of methoxy groups -OCH3 is 1. The van der Waals surface area contributed by atoms with Crippen LogP contribution in [0.15, 0.2) is 63.9 Å². The van der Waals surface area contributed by atoms with Crippen molar-refractivity contribution in [1.82, 2.24) is 20.8 Å². The molecule has 10 nitrogen and oxygen atoms in total. The summed E-state index contributed by atoms with van der Waals surface area (Å²) in [5, 5.41) is 11.4. The number of H-pyrrole nitrogens is 1. The standard InChI is InChI=1S/C28H29N5O5.ClH/c1-16(29-2)26(34)30-22-12-9-17-6-4-5-7-23(17)33(27(22)35)15-21-20-11-8-19(25-31-28(36)38-32-25)14-18(20)10-13-24(21)37-3;/h4-8,10-11,13-14,16,22,29H,9,12,15H2,1-3H3,(H,30,34)(H,31,32,36);1H/t16-,22-;/m0./s1. The summed E-state index contributed by atoms with van der Waals surface area (Å²) in [6, 6.07) is 16.1. The fourth-order valence-corrected chi connectivity index (χ4v) is 4.83. The number of aromatic nitrogens is 2. The number of aryl methyl sites for hydroxylation is 1. The van der Waals surface area contributed by atoms with Gasteiger partial charge >= 0.3 is 5.76 Å². The minimum atomic E-state index is -0.665. The van der Waals surface area contributed by atoms with Gasteiger partial charge in [-0.1, -0.05) is 41.6 Å². The van der Waals surface area contributed by atoms with E-state index < -0.39 is 17.8 Å². The Kier molecular flexibility index (Phi) is 8.37. The lowest BCUT2D eigenvalue weighted by atomic mass is 10.00. The molecule has 204 valence electrons. The lowest BCUT2D eigenvalue weighted by molar-refractivity contribution is -0.128. The van der Waals surface area contributed by atoms with Gasteiger partial charge in [-0.25, -0.2) is 4.79 Å². The Morgan fingerprint density at radius 3 is 2.72 bits per heavy atom. The van der Waals surface area contributed by atoms with Crippen LogP contribution in [-0.4, -0.2) is 48.2 Å². The van der Waals surface area contributed by atoms with Crippen LogP contribution in [0.25, 0.3) is 22.2 Å². The van der Waals surface area contributed by atoms with E-state index in [1.165, 1.54) is 0 Å². The van der Waals surface area contributed by atoms with E-state index >= 15 is 0 Å². The molecule has 0 aliphatic carbocycles. The number of para-hydroxylation sites is 1. The van der Waals surface area contributed by atoms with E-state index in [9.17, 15) is 14.4 Å². The average molecular weight is 552 g/mol. The van der Waals surface area contributed by atoms with Crippen LogP contribution in [0.4, 0.5) is 5.69 Å². The van der Waals surface area contributed by atoms with Crippen molar-refractivity contribution in [2.75, 3.05) is 19.1 Å². The van der Waals surface area contributed by atoms with Crippen LogP contribution < -0.4 is 26.0 Å². The minimum absolute atomic E-state index is 0. The summed E-state index contributed by atoms with van der Waals surface area (Å²) in [4.78, 5) is 42.3. The summed E-state index contributed by atoms with van der Waals surface area (Å²) >= 11 is 0. The number of amides is 2. The molecule has 4 aromatic rings. The molecule has 3 aromatic carbocycles. The van der Waals surface area contributed by atoms with E-state index in [1.807, 2.05) is 54.6 Å². The largest absolute Gasteiger partial charge is 0.496 e. The molecule has 2 heterocycles. The van der Waals surface area contributed by atoms with Crippen LogP contribution >= 0.6 is 12.4 Å². The maximum Gasteiger partial charge on any atom is 0.439 e. The molecule has 0 saturated carbocycles. The van der Waals surface area contributed by atoms with Crippen molar-refractivity contribution in [3.8, 4) is 17.1 Å². The molecule has 0 fully saturated rings. The maximum absolute atomic E-state index is 13.9. The molecule has 0 bridgehead atoms. The van der Waals surface area contributed by atoms with E-state index in [2.05, 4.69) is 25.3 Å². The Hall–Kier alpha value is -4.15. The predicted molar refractivity (Wildman–Crippen MR) is 150 cm³/mol. The number of benzene rings is 3. The number of likely N-dealkylation sites (N-methyl/N-ethyl adjacent to an activating group) is 1. The second-order valence-electron chi connectivity index (χ2n) is 9.29. The van der Waals surface area contributed by atoms with Gasteiger partial charge in [0, 0.05) is 16.8 Å². The van der Waals surface area contributed by atoms with E-state index in [1.54, 1.807) is 26.0 Å². The van der Waals surface area contributed by atoms with E-state index in [0.29, 0.717) is 30.0 Å². The van der Waals surface area contributed by atoms with Gasteiger partial charge in [-0.3, -0.25) is 19.1 Å². The number of nitrogens with one attached hydrogen (secondary N) is 3. The zero-order chi connectivity index (χ0) is 26.8. The van der Waals surface area contributed by atoms with Gasteiger partial charge in [0.15, 0.2) is 5.82 Å². The van der Waals surface area contributed by atoms with Gasteiger partial charge < -0.3 is 20.3 Å². The monoisotopic (exact) mass is 551 g/mol. The number of hydrogen-bond donors (Lipinski definition) is 3. The maximum atomic E-state index is 13.9. The average Bonchev–Trinajstić information content (AvgIpc) is 3.33. The topological polar surface area (TPSA) is 130 Å². The third kappa shape index (κ3) is 5.52. The second kappa shape index (κ2) is 11.7. The Balaban J connectivity index is 0.00000353. The molecule has 1 aromatic heterocycles. The first-order valence-corrected chi connectivity index (χ1v) is 12.4. The second-order valence-corrected chi connectivity index (χ2v) is 9.29. The van der Waals surface area contributed by atoms with Gasteiger partial charge in [0.25, 0.3) is 0 Å². The number of fused-ring (bicyclic) bond motifs is 2. The molecule has 1 aliphatic heterocycles. The SMILES string of the molecule is CN[C@@H](C)C(=O)N[C@H]1CCc2ccccc2N(Cc2c(OC)ccc3cc(-c4noc(=O)[nH]4)ccc23)C1=O.Cl. The van der Waals surface area contributed by atoms with Gasteiger partial charge in [0.05, 0.1) is 19.7 Å². The number of nitrogens with zero attached hydrogens (tertiary/aromatic N) is 2. The Bertz CT molecular complexity index is 1570. The lowest BCUT2D eigenvalue weighted by Crippen LogP contribution is -2.52. The molecule has 2 amide bonds. The molecule has 3 N–H and O–H groups in total. The molecule has 0 radical (unpaired) electrons. The van der Waals surface area contributed by atoms with Crippen LogP contribution in [0, 0.1) is 0 Å². The lowest BCUT2D eigenvalue weighted by Gasteiger charge is -2.28. The number of anilines is 1. The van der Waals surface area contributed by atoms with Crippen molar-refractivity contribution in [1.29, 1.82) is 0 Å². The van der Waals surface area contributed by atoms with Crippen LogP contribution in [0.1, 0.15) is 24.5 Å². The molecule has 11 heteroatoms. The molecule has 0 unspecified atom stereocenters. The van der Waals surface area contributed by atoms with Crippen LogP contribution in [-0.2, 0) is 22.6 Å². The summed E-state index contributed by atoms with van der Waals surface area (Å²) < 4.78 is 10.4. The van der Waals surface area contributed by atoms with Crippen LogP contribution in [0.3, 0.4) is 0 Å². The number of ether oxygens (including phenoxy) is 1. The molecule has 0 saturated heterocycles. The third-order valence-electron chi connectivity index (χ3n) is 7.03. The van der Waals surface area contributed by atoms with Crippen LogP contribution in [0.2, 0.25) is 0 Å². The highest BCUT2D eigenvalue weighted by molar-refractivity contribution is 6.02. The Morgan fingerprint density at radius 1 is 1.21 bits per heavy atom. The van der Waals surface area contributed by atoms with Gasteiger partial charge in [-0.05, 0) is 61.3 Å². The Labute approximate surface area is 231 Å². The highest BCUT2D eigenvalue weighted by Gasteiger charge is 2.33. The first-order valence-electron chi connectivity index (χ1n) is 12.4. The molecule has 5 rings (SSSR count). The van der Waals surface area contributed by atoms with E-state index in [4.69, 9.17) is 4.74 Å². The highest BCUT2D eigenvalue weighted by atomic mass is 35.5. The quantitative estimate of drug-likeness (QED) is 0.321. The zero-order valence-electron chi connectivity index (χ0n) is 21.8. The normalized spacial score (nSPS) is 15.7. The first-order chi connectivity index (χ1) is 18.4. The number of aromatic amines is 1. The number of hydrogen-bond acceptors (Lipinski definition) is 7. The molecule has 39 heavy (non-hydrogen) atoms. The van der Waals surface area contributed by atoms with Crippen molar-refractivity contribution >= 4 is 40.7 Å². The molecular formula is C28H30ClN5O5. The van der Waals surface area contributed by atoms with Crippen molar-refractivity contribution < 1.29 is 18.8 Å². The van der Waals surface area contributed by atoms with Crippen molar-refractivity contribution in [3.05, 3.63) is 76.3 Å². The highest BCUT2D eigenvalue weighted by Crippen LogP contribution is 2.35. The van der Waals surface area contributed by atoms with E-state index in [0.717, 1.165) is 27.6 Å². The molecular weight excluding hydrogens is 522 g/mol. The van der Waals surface area contributed by atoms with Gasteiger partial charge in [-0.2, -0.15) is 0 Å². The number of rotatable bonds is 7. The third-order valence-corrected chi connectivity index (χ3v) is 7.03. The summed E-state index contributed by atoms with van der Waals surface area (Å²) in [6.07, 6.45) is 1.16. The minimum Gasteiger partial charge on any atom is -0.496 e. The van der Waals surface area contributed by atoms with Gasteiger partial charge in [0.1, 0.15) is 11.8 Å².